The van der Waals surface area contributed by atoms with Gasteiger partial charge in [0.05, 0.1) is 5.92 Å². The van der Waals surface area contributed by atoms with Crippen LogP contribution >= 0.6 is 23.2 Å². The maximum absolute atomic E-state index is 11.8. The van der Waals surface area contributed by atoms with Gasteiger partial charge in [-0.05, 0) is 25.1 Å². The average Bonchev–Trinajstić information content (AvgIpc) is 3.03. The summed E-state index contributed by atoms with van der Waals surface area (Å²) in [6, 6.07) is 5.09. The molecule has 0 bridgehead atoms. The molecule has 110 valence electrons. The van der Waals surface area contributed by atoms with Gasteiger partial charge in [-0.2, -0.15) is 4.98 Å². The van der Waals surface area contributed by atoms with E-state index in [-0.39, 0.29) is 11.8 Å². The summed E-state index contributed by atoms with van der Waals surface area (Å²) in [5.74, 6) is 0.976. The van der Waals surface area contributed by atoms with Crippen molar-refractivity contribution in [3.05, 3.63) is 34.1 Å². The predicted octanol–water partition coefficient (Wildman–Crippen LogP) is 3.38. The van der Waals surface area contributed by atoms with E-state index in [1.54, 1.807) is 23.1 Å². The molecule has 1 saturated heterocycles. The van der Waals surface area contributed by atoms with E-state index in [4.69, 9.17) is 27.7 Å². The molecule has 1 atom stereocenters. The highest BCUT2D eigenvalue weighted by Gasteiger charge is 2.33. The van der Waals surface area contributed by atoms with Crippen molar-refractivity contribution in [2.45, 2.75) is 19.3 Å². The minimum atomic E-state index is -0.0478. The van der Waals surface area contributed by atoms with Gasteiger partial charge in [-0.1, -0.05) is 28.4 Å². The van der Waals surface area contributed by atoms with E-state index in [9.17, 15) is 4.79 Å². The van der Waals surface area contributed by atoms with Gasteiger partial charge >= 0.3 is 0 Å². The number of carbonyl (C=O) groups excluding carboxylic acids is 1. The largest absolute Gasteiger partial charge is 0.342 e. The zero-order valence-electron chi connectivity index (χ0n) is 11.3. The second-order valence-corrected chi connectivity index (χ2v) is 5.82. The minimum Gasteiger partial charge on any atom is -0.342 e. The van der Waals surface area contributed by atoms with Gasteiger partial charge in [0, 0.05) is 35.1 Å². The van der Waals surface area contributed by atoms with Crippen molar-refractivity contribution in [1.82, 2.24) is 15.0 Å². The van der Waals surface area contributed by atoms with Crippen LogP contribution in [-0.4, -0.2) is 34.0 Å². The molecular formula is C14H13Cl2N3O2. The first-order chi connectivity index (χ1) is 10.1. The molecule has 7 heteroatoms. The monoisotopic (exact) mass is 325 g/mol. The first-order valence-corrected chi connectivity index (χ1v) is 7.40. The van der Waals surface area contributed by atoms with E-state index >= 15 is 0 Å². The standard InChI is InChI=1S/C14H13Cl2N3O2/c1-2-19-7-9(5-12(19)20)14-17-13(18-21-14)8-3-10(15)6-11(16)4-8/h3-4,6,9H,2,5,7H2,1H3. The van der Waals surface area contributed by atoms with E-state index in [0.717, 1.165) is 0 Å². The summed E-state index contributed by atoms with van der Waals surface area (Å²) < 4.78 is 5.30. The molecule has 3 rings (SSSR count). The van der Waals surface area contributed by atoms with Crippen LogP contribution in [-0.2, 0) is 4.79 Å². The summed E-state index contributed by atoms with van der Waals surface area (Å²) in [5, 5.41) is 4.98. The van der Waals surface area contributed by atoms with Crippen LogP contribution in [0.1, 0.15) is 25.2 Å². The third-order valence-electron chi connectivity index (χ3n) is 3.51. The molecule has 2 heterocycles. The Labute approximate surface area is 131 Å². The van der Waals surface area contributed by atoms with Crippen molar-refractivity contribution >= 4 is 29.1 Å². The minimum absolute atomic E-state index is 0.0478. The van der Waals surface area contributed by atoms with Crippen LogP contribution in [0.2, 0.25) is 10.0 Å². The van der Waals surface area contributed by atoms with Crippen molar-refractivity contribution in [3.8, 4) is 11.4 Å². The maximum atomic E-state index is 11.8. The molecule has 0 saturated carbocycles. The quantitative estimate of drug-likeness (QED) is 0.867. The Kier molecular flexibility index (Phi) is 3.87. The molecule has 0 radical (unpaired) electrons. The second-order valence-electron chi connectivity index (χ2n) is 4.95. The second kappa shape index (κ2) is 5.66. The summed E-state index contributed by atoms with van der Waals surface area (Å²) >= 11 is 11.9. The van der Waals surface area contributed by atoms with Gasteiger partial charge < -0.3 is 9.42 Å². The fraction of sp³-hybridized carbons (Fsp3) is 0.357. The van der Waals surface area contributed by atoms with E-state index in [2.05, 4.69) is 10.1 Å². The summed E-state index contributed by atoms with van der Waals surface area (Å²) in [6.07, 6.45) is 0.409. The molecule has 1 aromatic heterocycles. The smallest absolute Gasteiger partial charge is 0.232 e. The van der Waals surface area contributed by atoms with Crippen LogP contribution < -0.4 is 0 Å². The lowest BCUT2D eigenvalue weighted by atomic mass is 10.1. The molecular weight excluding hydrogens is 313 g/mol. The van der Waals surface area contributed by atoms with Crippen molar-refractivity contribution in [2.75, 3.05) is 13.1 Å². The SMILES string of the molecule is CCN1CC(c2nc(-c3cc(Cl)cc(Cl)c3)no2)CC1=O. The molecule has 1 aliphatic heterocycles. The van der Waals surface area contributed by atoms with Gasteiger partial charge in [-0.15, -0.1) is 0 Å². The van der Waals surface area contributed by atoms with Crippen LogP contribution in [0.3, 0.4) is 0 Å². The number of nitrogens with zero attached hydrogens (tertiary/aromatic N) is 3. The van der Waals surface area contributed by atoms with Gasteiger partial charge in [0.1, 0.15) is 0 Å². The highest BCUT2D eigenvalue weighted by molar-refractivity contribution is 6.35. The highest BCUT2D eigenvalue weighted by Crippen LogP contribution is 2.30. The number of likely N-dealkylation sites (tertiary alicyclic amines) is 1. The number of amides is 1. The summed E-state index contributed by atoms with van der Waals surface area (Å²) in [7, 11) is 0. The lowest BCUT2D eigenvalue weighted by Gasteiger charge is -2.11. The molecule has 1 aromatic carbocycles. The molecule has 1 fully saturated rings. The number of likely N-dealkylation sites (N-methyl/N-ethyl adjacent to an activating group) is 1. The van der Waals surface area contributed by atoms with E-state index in [1.807, 2.05) is 6.92 Å². The Morgan fingerprint density at radius 3 is 2.67 bits per heavy atom. The van der Waals surface area contributed by atoms with Crippen molar-refractivity contribution in [2.24, 2.45) is 0 Å². The Bertz CT molecular complexity index is 666. The summed E-state index contributed by atoms with van der Waals surface area (Å²) in [4.78, 5) is 17.9. The zero-order valence-corrected chi connectivity index (χ0v) is 12.9. The van der Waals surface area contributed by atoms with Crippen LogP contribution in [0.4, 0.5) is 0 Å². The van der Waals surface area contributed by atoms with Gasteiger partial charge in [0.25, 0.3) is 0 Å². The number of carbonyl (C=O) groups is 1. The van der Waals surface area contributed by atoms with Crippen LogP contribution in [0, 0.1) is 0 Å². The highest BCUT2D eigenvalue weighted by atomic mass is 35.5. The topological polar surface area (TPSA) is 59.2 Å². The van der Waals surface area contributed by atoms with Gasteiger partial charge in [-0.25, -0.2) is 0 Å². The third-order valence-corrected chi connectivity index (χ3v) is 3.94. The van der Waals surface area contributed by atoms with E-state index < -0.39 is 0 Å². The summed E-state index contributed by atoms with van der Waals surface area (Å²) in [6.45, 7) is 3.26. The number of halogens is 2. The lowest BCUT2D eigenvalue weighted by Crippen LogP contribution is -2.24. The van der Waals surface area contributed by atoms with E-state index in [1.165, 1.54) is 0 Å². The summed E-state index contributed by atoms with van der Waals surface area (Å²) in [5.41, 5.74) is 0.694. The fourth-order valence-electron chi connectivity index (χ4n) is 2.44. The van der Waals surface area contributed by atoms with Crippen molar-refractivity contribution < 1.29 is 9.32 Å². The Balaban J connectivity index is 1.85. The van der Waals surface area contributed by atoms with E-state index in [0.29, 0.717) is 46.8 Å². The molecule has 0 aliphatic carbocycles. The Hall–Kier alpha value is -1.59. The maximum Gasteiger partial charge on any atom is 0.232 e. The molecule has 1 unspecified atom stereocenters. The molecule has 0 spiro atoms. The third kappa shape index (κ3) is 2.89. The molecule has 2 aromatic rings. The first-order valence-electron chi connectivity index (χ1n) is 6.64. The molecule has 21 heavy (non-hydrogen) atoms. The van der Waals surface area contributed by atoms with Gasteiger partial charge in [0.2, 0.25) is 17.6 Å². The van der Waals surface area contributed by atoms with Crippen LogP contribution in [0.25, 0.3) is 11.4 Å². The molecule has 0 N–H and O–H groups in total. The number of hydrogen-bond acceptors (Lipinski definition) is 4. The molecule has 1 aliphatic rings. The first kappa shape index (κ1) is 14.4. The number of aromatic nitrogens is 2. The normalized spacial score (nSPS) is 18.5. The zero-order chi connectivity index (χ0) is 15.0. The van der Waals surface area contributed by atoms with Gasteiger partial charge in [0.15, 0.2) is 0 Å². The van der Waals surface area contributed by atoms with Gasteiger partial charge in [-0.3, -0.25) is 4.79 Å². The number of rotatable bonds is 3. The predicted molar refractivity (Wildman–Crippen MR) is 79.4 cm³/mol. The number of hydrogen-bond donors (Lipinski definition) is 0. The average molecular weight is 326 g/mol. The Morgan fingerprint density at radius 1 is 1.33 bits per heavy atom. The van der Waals surface area contributed by atoms with Crippen molar-refractivity contribution in [3.63, 3.8) is 0 Å². The lowest BCUT2D eigenvalue weighted by molar-refractivity contribution is -0.127. The Morgan fingerprint density at radius 2 is 2.05 bits per heavy atom. The number of benzene rings is 1. The van der Waals surface area contributed by atoms with Crippen molar-refractivity contribution in [1.29, 1.82) is 0 Å². The fourth-order valence-corrected chi connectivity index (χ4v) is 2.97. The van der Waals surface area contributed by atoms with Crippen LogP contribution in [0.15, 0.2) is 22.7 Å². The van der Waals surface area contributed by atoms with Crippen LogP contribution in [0.5, 0.6) is 0 Å². The molecule has 5 nitrogen and oxygen atoms in total. The molecule has 1 amide bonds.